The third-order valence-electron chi connectivity index (χ3n) is 3.26. The number of carbonyl (C=O) groups is 1. The summed E-state index contributed by atoms with van der Waals surface area (Å²) in [6.45, 7) is 0.687. The first kappa shape index (κ1) is 14.6. The molecule has 0 aliphatic rings. The van der Waals surface area contributed by atoms with E-state index in [1.807, 2.05) is 29.0 Å². The molecule has 0 spiro atoms. The Balaban J connectivity index is 2.12. The van der Waals surface area contributed by atoms with Gasteiger partial charge in [-0.25, -0.2) is 0 Å². The summed E-state index contributed by atoms with van der Waals surface area (Å²) in [6, 6.07) is 10.1. The van der Waals surface area contributed by atoms with E-state index in [-0.39, 0.29) is 4.81 Å². The number of primary amides is 1. The quantitative estimate of drug-likeness (QED) is 0.663. The van der Waals surface area contributed by atoms with E-state index in [2.05, 4.69) is 27.4 Å². The van der Waals surface area contributed by atoms with E-state index in [1.54, 1.807) is 7.05 Å². The van der Waals surface area contributed by atoms with E-state index >= 15 is 0 Å². The second-order valence-corrected chi connectivity index (χ2v) is 6.89. The molecular weight excluding hydrogens is 345 g/mol. The van der Waals surface area contributed by atoms with Crippen molar-refractivity contribution in [1.29, 1.82) is 0 Å². The second kappa shape index (κ2) is 6.17. The van der Waals surface area contributed by atoms with Crippen molar-refractivity contribution in [2.24, 2.45) is 5.73 Å². The van der Waals surface area contributed by atoms with E-state index in [1.165, 1.54) is 11.9 Å². The van der Waals surface area contributed by atoms with Gasteiger partial charge >= 0.3 is 133 Å². The predicted molar refractivity (Wildman–Crippen MR) is 87.6 cm³/mol. The zero-order valence-electron chi connectivity index (χ0n) is 12.0. The number of hydrogen-bond acceptors (Lipinski definition) is 4. The number of nitrogens with two attached hydrogens (primary N) is 1. The Morgan fingerprint density at radius 3 is 2.77 bits per heavy atom. The molecule has 22 heavy (non-hydrogen) atoms. The molecule has 3 aromatic rings. The van der Waals surface area contributed by atoms with Crippen molar-refractivity contribution in [3.63, 3.8) is 0 Å². The monoisotopic (exact) mass is 361 g/mol. The predicted octanol–water partition coefficient (Wildman–Crippen LogP) is 0.929. The zero-order valence-corrected chi connectivity index (χ0v) is 13.7. The minimum absolute atomic E-state index is 0.308. The number of nitrogens with zero attached hydrogens (tertiary/aromatic N) is 3. The van der Waals surface area contributed by atoms with Crippen molar-refractivity contribution in [2.75, 3.05) is 12.4 Å². The molecular formula is C15H15N5OSe. The van der Waals surface area contributed by atoms with E-state index < -0.39 is 15.0 Å². The molecule has 2 aromatic heterocycles. The number of aromatic nitrogens is 3. The van der Waals surface area contributed by atoms with Gasteiger partial charge in [0.05, 0.1) is 0 Å². The van der Waals surface area contributed by atoms with Gasteiger partial charge in [0.15, 0.2) is 0 Å². The van der Waals surface area contributed by atoms with Gasteiger partial charge in [-0.05, 0) is 0 Å². The SMILES string of the molecule is CNc1ncnc2c1c([Se]C(N)=O)cn2Cc1ccccc1. The summed E-state index contributed by atoms with van der Waals surface area (Å²) in [4.78, 5) is 19.7. The number of amides is 1. The maximum atomic E-state index is 11.4. The van der Waals surface area contributed by atoms with Crippen LogP contribution in [0.5, 0.6) is 0 Å². The van der Waals surface area contributed by atoms with Gasteiger partial charge in [0, 0.05) is 0 Å². The standard InChI is InChI=1S/C15H15N5OSe/c1-17-13-12-11(22-15(16)21)8-20(14(12)19-9-18-13)7-10-5-3-2-4-6-10/h2-6,8-9H,7H2,1H3,(H2,16,21)(H,17,18,19). The fraction of sp³-hybridized carbons (Fsp3) is 0.133. The third kappa shape index (κ3) is 2.81. The number of anilines is 1. The van der Waals surface area contributed by atoms with Crippen molar-refractivity contribution >= 4 is 41.1 Å². The molecule has 7 heteroatoms. The molecule has 0 saturated carbocycles. The van der Waals surface area contributed by atoms with E-state index in [9.17, 15) is 4.79 Å². The van der Waals surface area contributed by atoms with Crippen LogP contribution in [0.4, 0.5) is 10.6 Å². The Morgan fingerprint density at radius 2 is 2.09 bits per heavy atom. The molecule has 1 amide bonds. The molecule has 3 N–H and O–H groups in total. The Bertz CT molecular complexity index is 815. The number of fused-ring (bicyclic) bond motifs is 1. The van der Waals surface area contributed by atoms with Crippen LogP contribution in [0.3, 0.4) is 0 Å². The summed E-state index contributed by atoms with van der Waals surface area (Å²) in [7, 11) is 1.80. The third-order valence-corrected chi connectivity index (χ3v) is 4.79. The Morgan fingerprint density at radius 1 is 1.32 bits per heavy atom. The summed E-state index contributed by atoms with van der Waals surface area (Å²) in [5, 5.41) is 3.93. The van der Waals surface area contributed by atoms with Crippen LogP contribution in [0.25, 0.3) is 11.0 Å². The first-order valence-electron chi connectivity index (χ1n) is 6.72. The summed E-state index contributed by atoms with van der Waals surface area (Å²) in [5.41, 5.74) is 7.36. The number of hydrogen-bond donors (Lipinski definition) is 2. The summed E-state index contributed by atoms with van der Waals surface area (Å²) >= 11 is -0.448. The Kier molecular flexibility index (Phi) is 4.09. The van der Waals surface area contributed by atoms with Crippen LogP contribution in [0.2, 0.25) is 0 Å². The van der Waals surface area contributed by atoms with Gasteiger partial charge in [-0.15, -0.1) is 0 Å². The number of rotatable bonds is 5. The normalized spacial score (nSPS) is 10.8. The van der Waals surface area contributed by atoms with Crippen molar-refractivity contribution < 1.29 is 4.79 Å². The van der Waals surface area contributed by atoms with Gasteiger partial charge in [0.25, 0.3) is 0 Å². The van der Waals surface area contributed by atoms with E-state index in [0.717, 1.165) is 21.3 Å². The minimum atomic E-state index is -0.448. The molecule has 0 aliphatic heterocycles. The van der Waals surface area contributed by atoms with Gasteiger partial charge in [-0.3, -0.25) is 0 Å². The molecule has 112 valence electrons. The Hall–Kier alpha value is -2.37. The average Bonchev–Trinajstić information content (AvgIpc) is 2.85. The Labute approximate surface area is 133 Å². The van der Waals surface area contributed by atoms with Crippen molar-refractivity contribution in [3.8, 4) is 0 Å². The topological polar surface area (TPSA) is 85.8 Å². The van der Waals surface area contributed by atoms with Crippen LogP contribution < -0.4 is 15.5 Å². The summed E-state index contributed by atoms with van der Waals surface area (Å²) in [6.07, 6.45) is 3.48. The van der Waals surface area contributed by atoms with Crippen LogP contribution in [-0.4, -0.2) is 41.3 Å². The molecule has 6 nitrogen and oxygen atoms in total. The van der Waals surface area contributed by atoms with Crippen LogP contribution in [0.1, 0.15) is 5.56 Å². The fourth-order valence-corrected chi connectivity index (χ4v) is 3.80. The molecule has 0 bridgehead atoms. The first-order valence-corrected chi connectivity index (χ1v) is 8.43. The molecule has 0 fully saturated rings. The van der Waals surface area contributed by atoms with Crippen LogP contribution >= 0.6 is 0 Å². The fourth-order valence-electron chi connectivity index (χ4n) is 2.36. The average molecular weight is 360 g/mol. The molecule has 0 radical (unpaired) electrons. The summed E-state index contributed by atoms with van der Waals surface area (Å²) in [5.74, 6) is 0.718. The van der Waals surface area contributed by atoms with Gasteiger partial charge in [0.2, 0.25) is 0 Å². The number of carbonyl (C=O) groups excluding carboxylic acids is 1. The first-order chi connectivity index (χ1) is 10.7. The molecule has 0 unspecified atom stereocenters. The van der Waals surface area contributed by atoms with Crippen LogP contribution in [0, 0.1) is 0 Å². The van der Waals surface area contributed by atoms with Crippen molar-refractivity contribution in [2.45, 2.75) is 6.54 Å². The van der Waals surface area contributed by atoms with Crippen LogP contribution in [0.15, 0.2) is 42.9 Å². The molecule has 0 atom stereocenters. The van der Waals surface area contributed by atoms with Gasteiger partial charge in [0.1, 0.15) is 0 Å². The maximum absolute atomic E-state index is 11.4. The molecule has 0 aliphatic carbocycles. The molecule has 0 saturated heterocycles. The molecule has 1 aromatic carbocycles. The molecule has 2 heterocycles. The summed E-state index contributed by atoms with van der Waals surface area (Å²) < 4.78 is 2.93. The zero-order chi connectivity index (χ0) is 15.5. The molecule has 3 rings (SSSR count). The van der Waals surface area contributed by atoms with E-state index in [0.29, 0.717) is 6.54 Å². The van der Waals surface area contributed by atoms with Gasteiger partial charge in [-0.2, -0.15) is 0 Å². The number of nitrogens with one attached hydrogen (secondary N) is 1. The van der Waals surface area contributed by atoms with Crippen molar-refractivity contribution in [1.82, 2.24) is 14.5 Å². The second-order valence-electron chi connectivity index (χ2n) is 4.70. The van der Waals surface area contributed by atoms with Crippen LogP contribution in [-0.2, 0) is 6.54 Å². The van der Waals surface area contributed by atoms with Gasteiger partial charge in [-0.1, -0.05) is 0 Å². The number of benzene rings is 1. The van der Waals surface area contributed by atoms with Gasteiger partial charge < -0.3 is 0 Å². The van der Waals surface area contributed by atoms with Crippen molar-refractivity contribution in [3.05, 3.63) is 48.4 Å². The van der Waals surface area contributed by atoms with E-state index in [4.69, 9.17) is 5.73 Å².